The van der Waals surface area contributed by atoms with E-state index < -0.39 is 0 Å². The van der Waals surface area contributed by atoms with Crippen molar-refractivity contribution in [3.63, 3.8) is 0 Å². The molecule has 0 saturated heterocycles. The van der Waals surface area contributed by atoms with Gasteiger partial charge in [-0.05, 0) is 28.8 Å². The van der Waals surface area contributed by atoms with Crippen LogP contribution in [0.1, 0.15) is 5.56 Å². The molecule has 1 aliphatic rings. The maximum absolute atomic E-state index is 14.1. The van der Waals surface area contributed by atoms with Gasteiger partial charge in [-0.3, -0.25) is 0 Å². The van der Waals surface area contributed by atoms with E-state index in [2.05, 4.69) is 0 Å². The summed E-state index contributed by atoms with van der Waals surface area (Å²) in [6.07, 6.45) is 0. The summed E-state index contributed by atoms with van der Waals surface area (Å²) >= 11 is 0. The number of rotatable bonds is 1. The van der Waals surface area contributed by atoms with Crippen LogP contribution in [-0.2, 0) is 6.61 Å². The Bertz CT molecular complexity index is 792. The van der Waals surface area contributed by atoms with E-state index in [-0.39, 0.29) is 5.82 Å². The van der Waals surface area contributed by atoms with Gasteiger partial charge in [-0.25, -0.2) is 4.39 Å². The van der Waals surface area contributed by atoms with Crippen LogP contribution in [0.4, 0.5) is 4.39 Å². The summed E-state index contributed by atoms with van der Waals surface area (Å²) in [7, 11) is 0. The van der Waals surface area contributed by atoms with Crippen LogP contribution in [0.2, 0.25) is 0 Å². The summed E-state index contributed by atoms with van der Waals surface area (Å²) in [5, 5.41) is 0. The van der Waals surface area contributed by atoms with Crippen LogP contribution in [0, 0.1) is 5.82 Å². The zero-order valence-corrected chi connectivity index (χ0v) is 11.3. The van der Waals surface area contributed by atoms with Gasteiger partial charge in [-0.2, -0.15) is 0 Å². The lowest BCUT2D eigenvalue weighted by molar-refractivity contribution is 0.303. The van der Waals surface area contributed by atoms with Gasteiger partial charge in [0.2, 0.25) is 0 Å². The fourth-order valence-electron chi connectivity index (χ4n) is 2.84. The van der Waals surface area contributed by atoms with E-state index in [9.17, 15) is 4.39 Å². The second-order valence-electron chi connectivity index (χ2n) is 5.14. The third kappa shape index (κ3) is 2.00. The first kappa shape index (κ1) is 12.2. The molecule has 0 fully saturated rings. The number of fused-ring (bicyclic) bond motifs is 3. The molecule has 3 aromatic carbocycles. The van der Waals surface area contributed by atoms with Gasteiger partial charge in [0.05, 0.1) is 0 Å². The zero-order valence-electron chi connectivity index (χ0n) is 11.3. The van der Waals surface area contributed by atoms with Crippen LogP contribution < -0.4 is 4.74 Å². The van der Waals surface area contributed by atoms with Crippen molar-refractivity contribution in [2.24, 2.45) is 0 Å². The van der Waals surface area contributed by atoms with E-state index in [1.54, 1.807) is 12.1 Å². The SMILES string of the molecule is Fc1cc(-c2ccccc2)c2c(c1)-c1ccccc1CO2. The molecule has 4 rings (SSSR count). The smallest absolute Gasteiger partial charge is 0.135 e. The Balaban J connectivity index is 1.99. The molecule has 102 valence electrons. The Morgan fingerprint density at radius 3 is 2.33 bits per heavy atom. The minimum absolute atomic E-state index is 0.243. The Morgan fingerprint density at radius 1 is 0.762 bits per heavy atom. The maximum Gasteiger partial charge on any atom is 0.135 e. The first-order valence-corrected chi connectivity index (χ1v) is 6.93. The highest BCUT2D eigenvalue weighted by atomic mass is 19.1. The standard InChI is InChI=1S/C19H13FO/c20-15-10-17(13-6-2-1-3-7-13)19-18(11-15)16-9-5-4-8-14(16)12-21-19/h1-11H,12H2. The van der Waals surface area contributed by atoms with E-state index in [4.69, 9.17) is 4.74 Å². The van der Waals surface area contributed by atoms with Gasteiger partial charge in [-0.15, -0.1) is 0 Å². The molecule has 1 nitrogen and oxygen atoms in total. The Morgan fingerprint density at radius 2 is 1.48 bits per heavy atom. The van der Waals surface area contributed by atoms with E-state index in [1.807, 2.05) is 54.6 Å². The van der Waals surface area contributed by atoms with E-state index in [0.717, 1.165) is 33.6 Å². The van der Waals surface area contributed by atoms with Crippen molar-refractivity contribution >= 4 is 0 Å². The predicted molar refractivity (Wildman–Crippen MR) is 81.6 cm³/mol. The molecule has 1 aliphatic heterocycles. The summed E-state index contributed by atoms with van der Waals surface area (Å²) in [5.41, 5.74) is 4.74. The lowest BCUT2D eigenvalue weighted by atomic mass is 9.92. The molecule has 3 aromatic rings. The van der Waals surface area contributed by atoms with Crippen molar-refractivity contribution in [1.29, 1.82) is 0 Å². The highest BCUT2D eigenvalue weighted by molar-refractivity contribution is 5.84. The minimum atomic E-state index is -0.243. The van der Waals surface area contributed by atoms with Crippen LogP contribution in [-0.4, -0.2) is 0 Å². The van der Waals surface area contributed by atoms with Crippen LogP contribution in [0.25, 0.3) is 22.3 Å². The van der Waals surface area contributed by atoms with Gasteiger partial charge in [0, 0.05) is 11.1 Å². The van der Waals surface area contributed by atoms with Gasteiger partial charge >= 0.3 is 0 Å². The van der Waals surface area contributed by atoms with Crippen molar-refractivity contribution in [3.8, 4) is 28.0 Å². The third-order valence-corrected chi connectivity index (χ3v) is 3.82. The molecular formula is C19H13FO. The molecule has 0 radical (unpaired) electrons. The minimum Gasteiger partial charge on any atom is -0.488 e. The van der Waals surface area contributed by atoms with Gasteiger partial charge < -0.3 is 4.74 Å². The molecule has 2 heteroatoms. The topological polar surface area (TPSA) is 9.23 Å². The Hall–Kier alpha value is -2.61. The molecule has 0 aliphatic carbocycles. The Labute approximate surface area is 122 Å². The quantitative estimate of drug-likeness (QED) is 0.604. The molecule has 0 spiro atoms. The van der Waals surface area contributed by atoms with Gasteiger partial charge in [0.1, 0.15) is 18.2 Å². The molecule has 0 aromatic heterocycles. The first-order chi connectivity index (χ1) is 10.3. The molecule has 0 bridgehead atoms. The van der Waals surface area contributed by atoms with Gasteiger partial charge in [0.25, 0.3) is 0 Å². The van der Waals surface area contributed by atoms with Crippen LogP contribution >= 0.6 is 0 Å². The number of hydrogen-bond donors (Lipinski definition) is 0. The lowest BCUT2D eigenvalue weighted by Crippen LogP contribution is -2.07. The average Bonchev–Trinajstić information content (AvgIpc) is 2.55. The first-order valence-electron chi connectivity index (χ1n) is 6.93. The second-order valence-corrected chi connectivity index (χ2v) is 5.14. The zero-order chi connectivity index (χ0) is 14.2. The van der Waals surface area contributed by atoms with Crippen molar-refractivity contribution in [2.75, 3.05) is 0 Å². The summed E-state index contributed by atoms with van der Waals surface area (Å²) < 4.78 is 20.0. The van der Waals surface area contributed by atoms with E-state index >= 15 is 0 Å². The normalized spacial score (nSPS) is 12.2. The summed E-state index contributed by atoms with van der Waals surface area (Å²) in [4.78, 5) is 0. The molecule has 0 saturated carbocycles. The summed E-state index contributed by atoms with van der Waals surface area (Å²) in [5.74, 6) is 0.522. The highest BCUT2D eigenvalue weighted by Crippen LogP contribution is 2.44. The third-order valence-electron chi connectivity index (χ3n) is 3.82. The number of ether oxygens (including phenoxy) is 1. The predicted octanol–water partition coefficient (Wildman–Crippen LogP) is 5.05. The number of halogens is 1. The summed E-state index contributed by atoms with van der Waals surface area (Å²) in [6.45, 7) is 0.522. The van der Waals surface area contributed by atoms with Crippen molar-refractivity contribution < 1.29 is 9.13 Å². The monoisotopic (exact) mass is 276 g/mol. The molecule has 0 amide bonds. The molecule has 21 heavy (non-hydrogen) atoms. The maximum atomic E-state index is 14.1. The Kier molecular flexibility index (Phi) is 2.74. The van der Waals surface area contributed by atoms with Crippen LogP contribution in [0.15, 0.2) is 66.7 Å². The average molecular weight is 276 g/mol. The van der Waals surface area contributed by atoms with Crippen molar-refractivity contribution in [3.05, 3.63) is 78.1 Å². The number of benzene rings is 3. The van der Waals surface area contributed by atoms with Crippen LogP contribution in [0.3, 0.4) is 0 Å². The highest BCUT2D eigenvalue weighted by Gasteiger charge is 2.21. The van der Waals surface area contributed by atoms with Crippen molar-refractivity contribution in [2.45, 2.75) is 6.61 Å². The van der Waals surface area contributed by atoms with E-state index in [1.165, 1.54) is 0 Å². The van der Waals surface area contributed by atoms with Crippen molar-refractivity contribution in [1.82, 2.24) is 0 Å². The fourth-order valence-corrected chi connectivity index (χ4v) is 2.84. The van der Waals surface area contributed by atoms with Crippen LogP contribution in [0.5, 0.6) is 5.75 Å². The fraction of sp³-hybridized carbons (Fsp3) is 0.0526. The lowest BCUT2D eigenvalue weighted by Gasteiger charge is -2.23. The van der Waals surface area contributed by atoms with Gasteiger partial charge in [0.15, 0.2) is 0 Å². The molecule has 0 unspecified atom stereocenters. The molecule has 0 atom stereocenters. The largest absolute Gasteiger partial charge is 0.488 e. The van der Waals surface area contributed by atoms with Gasteiger partial charge in [-0.1, -0.05) is 54.6 Å². The molecular weight excluding hydrogens is 263 g/mol. The molecule has 1 heterocycles. The number of hydrogen-bond acceptors (Lipinski definition) is 1. The molecule has 0 N–H and O–H groups in total. The summed E-state index contributed by atoms with van der Waals surface area (Å²) in [6, 6.07) is 20.9. The second kappa shape index (κ2) is 4.74. The van der Waals surface area contributed by atoms with E-state index in [0.29, 0.717) is 6.61 Å².